The Morgan fingerprint density at radius 2 is 2.37 bits per heavy atom. The van der Waals surface area contributed by atoms with E-state index in [1.807, 2.05) is 6.07 Å². The van der Waals surface area contributed by atoms with Gasteiger partial charge in [0, 0.05) is 12.2 Å². The summed E-state index contributed by atoms with van der Waals surface area (Å²) in [7, 11) is 0. The first kappa shape index (κ1) is 14.2. The second kappa shape index (κ2) is 6.78. The van der Waals surface area contributed by atoms with Crippen molar-refractivity contribution in [1.29, 1.82) is 0 Å². The first-order valence-corrected chi connectivity index (χ1v) is 7.08. The highest BCUT2D eigenvalue weighted by Crippen LogP contribution is 2.21. The monoisotopic (exact) mass is 281 g/mol. The highest BCUT2D eigenvalue weighted by atomic mass is 35.5. The van der Waals surface area contributed by atoms with Crippen LogP contribution in [-0.2, 0) is 0 Å². The van der Waals surface area contributed by atoms with Crippen molar-refractivity contribution in [3.8, 4) is 0 Å². The standard InChI is InChI=1S/C14H20ClN3O/c15-13-8-11(3-4-12(13)14(16)19)18-7-5-10-2-1-6-17-9-10/h3-4,8,10,17-18H,1-2,5-7,9H2,(H2,16,19). The van der Waals surface area contributed by atoms with Crippen molar-refractivity contribution in [2.75, 3.05) is 25.0 Å². The summed E-state index contributed by atoms with van der Waals surface area (Å²) < 4.78 is 0. The van der Waals surface area contributed by atoms with Gasteiger partial charge in [-0.1, -0.05) is 11.6 Å². The van der Waals surface area contributed by atoms with Crippen LogP contribution in [0.15, 0.2) is 18.2 Å². The maximum absolute atomic E-state index is 11.1. The van der Waals surface area contributed by atoms with Crippen LogP contribution in [-0.4, -0.2) is 25.5 Å². The summed E-state index contributed by atoms with van der Waals surface area (Å²) in [6.07, 6.45) is 3.71. The SMILES string of the molecule is NC(=O)c1ccc(NCCC2CCCNC2)cc1Cl. The van der Waals surface area contributed by atoms with Crippen molar-refractivity contribution in [3.05, 3.63) is 28.8 Å². The van der Waals surface area contributed by atoms with Crippen molar-refractivity contribution < 1.29 is 4.79 Å². The Balaban J connectivity index is 1.82. The zero-order chi connectivity index (χ0) is 13.7. The fourth-order valence-electron chi connectivity index (χ4n) is 2.42. The van der Waals surface area contributed by atoms with Gasteiger partial charge in [0.05, 0.1) is 10.6 Å². The first-order valence-electron chi connectivity index (χ1n) is 6.71. The topological polar surface area (TPSA) is 67.2 Å². The number of benzene rings is 1. The molecule has 0 radical (unpaired) electrons. The molecular formula is C14H20ClN3O. The number of amides is 1. The molecule has 1 aromatic carbocycles. The third kappa shape index (κ3) is 4.11. The van der Waals surface area contributed by atoms with E-state index in [0.717, 1.165) is 37.7 Å². The van der Waals surface area contributed by atoms with Crippen LogP contribution in [0.1, 0.15) is 29.6 Å². The Hall–Kier alpha value is -1.26. The summed E-state index contributed by atoms with van der Waals surface area (Å²) in [6, 6.07) is 5.25. The Kier molecular flexibility index (Phi) is 5.05. The number of primary amides is 1. The number of nitrogens with one attached hydrogen (secondary N) is 2. The summed E-state index contributed by atoms with van der Waals surface area (Å²) in [5, 5.41) is 7.15. The molecule has 2 rings (SSSR count). The van der Waals surface area contributed by atoms with E-state index in [-0.39, 0.29) is 0 Å². The summed E-state index contributed by atoms with van der Waals surface area (Å²) in [6.45, 7) is 3.18. The van der Waals surface area contributed by atoms with Crippen molar-refractivity contribution in [2.45, 2.75) is 19.3 Å². The van der Waals surface area contributed by atoms with Crippen LogP contribution in [0.5, 0.6) is 0 Å². The molecule has 1 unspecified atom stereocenters. The third-order valence-electron chi connectivity index (χ3n) is 3.52. The van der Waals surface area contributed by atoms with Crippen LogP contribution < -0.4 is 16.4 Å². The number of anilines is 1. The molecule has 19 heavy (non-hydrogen) atoms. The molecule has 4 nitrogen and oxygen atoms in total. The first-order chi connectivity index (χ1) is 9.16. The molecule has 0 bridgehead atoms. The van der Waals surface area contributed by atoms with Gasteiger partial charge < -0.3 is 16.4 Å². The van der Waals surface area contributed by atoms with Crippen LogP contribution in [0.25, 0.3) is 0 Å². The van der Waals surface area contributed by atoms with Crippen LogP contribution in [0, 0.1) is 5.92 Å². The van der Waals surface area contributed by atoms with E-state index < -0.39 is 5.91 Å². The lowest BCUT2D eigenvalue weighted by atomic mass is 9.96. The average Bonchev–Trinajstić information content (AvgIpc) is 2.39. The second-order valence-electron chi connectivity index (χ2n) is 4.99. The van der Waals surface area contributed by atoms with Gasteiger partial charge in [0.2, 0.25) is 5.91 Å². The molecule has 4 N–H and O–H groups in total. The predicted molar refractivity (Wildman–Crippen MR) is 78.7 cm³/mol. The van der Waals surface area contributed by atoms with Crippen molar-refractivity contribution in [2.24, 2.45) is 11.7 Å². The van der Waals surface area contributed by atoms with Gasteiger partial charge in [0.25, 0.3) is 0 Å². The molecule has 0 aliphatic carbocycles. The minimum atomic E-state index is -0.496. The molecule has 1 amide bonds. The molecule has 1 aliphatic rings. The molecule has 104 valence electrons. The van der Waals surface area contributed by atoms with Crippen LogP contribution in [0.3, 0.4) is 0 Å². The normalized spacial score (nSPS) is 19.1. The number of halogens is 1. The average molecular weight is 282 g/mol. The molecule has 1 heterocycles. The highest BCUT2D eigenvalue weighted by Gasteiger charge is 2.12. The summed E-state index contributed by atoms with van der Waals surface area (Å²) in [4.78, 5) is 11.1. The zero-order valence-electron chi connectivity index (χ0n) is 10.9. The number of piperidine rings is 1. The highest BCUT2D eigenvalue weighted by molar-refractivity contribution is 6.34. The van der Waals surface area contributed by atoms with Crippen LogP contribution in [0.4, 0.5) is 5.69 Å². The lowest BCUT2D eigenvalue weighted by molar-refractivity contribution is 0.100. The van der Waals surface area contributed by atoms with E-state index in [1.54, 1.807) is 12.1 Å². The molecule has 5 heteroatoms. The summed E-state index contributed by atoms with van der Waals surface area (Å²) >= 11 is 6.00. The van der Waals surface area contributed by atoms with Gasteiger partial charge in [0.1, 0.15) is 0 Å². The van der Waals surface area contributed by atoms with Gasteiger partial charge in [0.15, 0.2) is 0 Å². The molecule has 0 saturated carbocycles. The number of hydrogen-bond donors (Lipinski definition) is 3. The number of carbonyl (C=O) groups is 1. The Bertz CT molecular complexity index is 444. The minimum Gasteiger partial charge on any atom is -0.385 e. The quantitative estimate of drug-likeness (QED) is 0.775. The van der Waals surface area contributed by atoms with E-state index >= 15 is 0 Å². The molecule has 1 saturated heterocycles. The largest absolute Gasteiger partial charge is 0.385 e. The van der Waals surface area contributed by atoms with Crippen LogP contribution in [0.2, 0.25) is 5.02 Å². The Labute approximate surface area is 118 Å². The molecule has 1 aliphatic heterocycles. The van der Waals surface area contributed by atoms with Gasteiger partial charge in [-0.25, -0.2) is 0 Å². The van der Waals surface area contributed by atoms with Gasteiger partial charge >= 0.3 is 0 Å². The van der Waals surface area contributed by atoms with E-state index in [4.69, 9.17) is 17.3 Å². The van der Waals surface area contributed by atoms with Gasteiger partial charge in [-0.05, 0) is 56.5 Å². The maximum atomic E-state index is 11.1. The predicted octanol–water partition coefficient (Wildman–Crippen LogP) is 2.24. The second-order valence-corrected chi connectivity index (χ2v) is 5.39. The molecule has 0 spiro atoms. The smallest absolute Gasteiger partial charge is 0.250 e. The molecule has 1 fully saturated rings. The van der Waals surface area contributed by atoms with E-state index in [0.29, 0.717) is 10.6 Å². The van der Waals surface area contributed by atoms with Gasteiger partial charge in [-0.15, -0.1) is 0 Å². The van der Waals surface area contributed by atoms with E-state index in [1.165, 1.54) is 12.8 Å². The Morgan fingerprint density at radius 3 is 3.00 bits per heavy atom. The summed E-state index contributed by atoms with van der Waals surface area (Å²) in [5.41, 5.74) is 6.51. The molecular weight excluding hydrogens is 262 g/mol. The number of nitrogens with two attached hydrogens (primary N) is 1. The number of rotatable bonds is 5. The lowest BCUT2D eigenvalue weighted by Gasteiger charge is -2.22. The molecule has 0 aromatic heterocycles. The van der Waals surface area contributed by atoms with E-state index in [9.17, 15) is 4.79 Å². The van der Waals surface area contributed by atoms with E-state index in [2.05, 4.69) is 10.6 Å². The Morgan fingerprint density at radius 1 is 1.53 bits per heavy atom. The lowest BCUT2D eigenvalue weighted by Crippen LogP contribution is -2.30. The fourth-order valence-corrected chi connectivity index (χ4v) is 2.69. The van der Waals surface area contributed by atoms with Crippen LogP contribution >= 0.6 is 11.6 Å². The van der Waals surface area contributed by atoms with Crippen molar-refractivity contribution in [1.82, 2.24) is 5.32 Å². The number of carbonyl (C=O) groups excluding carboxylic acids is 1. The van der Waals surface area contributed by atoms with Crippen molar-refractivity contribution in [3.63, 3.8) is 0 Å². The minimum absolute atomic E-state index is 0.365. The maximum Gasteiger partial charge on any atom is 0.250 e. The molecule has 1 aromatic rings. The number of hydrogen-bond acceptors (Lipinski definition) is 3. The van der Waals surface area contributed by atoms with Gasteiger partial charge in [-0.2, -0.15) is 0 Å². The fraction of sp³-hybridized carbons (Fsp3) is 0.500. The zero-order valence-corrected chi connectivity index (χ0v) is 11.7. The van der Waals surface area contributed by atoms with Gasteiger partial charge in [-0.3, -0.25) is 4.79 Å². The summed E-state index contributed by atoms with van der Waals surface area (Å²) in [5.74, 6) is 0.256. The third-order valence-corrected chi connectivity index (χ3v) is 3.83. The van der Waals surface area contributed by atoms with Crippen molar-refractivity contribution >= 4 is 23.2 Å². The molecule has 1 atom stereocenters.